The highest BCUT2D eigenvalue weighted by Gasteiger charge is 2.17. The number of halogens is 1. The summed E-state index contributed by atoms with van der Waals surface area (Å²) in [5.41, 5.74) is 3.93. The van der Waals surface area contributed by atoms with Gasteiger partial charge in [0.05, 0.1) is 23.4 Å². The number of hydrogen-bond donors (Lipinski definition) is 2. The summed E-state index contributed by atoms with van der Waals surface area (Å²) in [5.74, 6) is 0.0346. The minimum absolute atomic E-state index is 0.0601. The number of ether oxygens (including phenoxy) is 1. The van der Waals surface area contributed by atoms with Crippen molar-refractivity contribution in [1.29, 1.82) is 0 Å². The molecule has 0 unspecified atom stereocenters. The molecule has 162 valence electrons. The normalized spacial score (nSPS) is 11.1. The Kier molecular flexibility index (Phi) is 6.57. The average Bonchev–Trinajstić information content (AvgIpc) is 2.73. The van der Waals surface area contributed by atoms with Gasteiger partial charge in [-0.2, -0.15) is 0 Å². The van der Waals surface area contributed by atoms with E-state index in [0.29, 0.717) is 27.7 Å². The van der Waals surface area contributed by atoms with Gasteiger partial charge in [0.15, 0.2) is 0 Å². The molecule has 0 radical (unpaired) electrons. The first-order valence-electron chi connectivity index (χ1n) is 9.47. The summed E-state index contributed by atoms with van der Waals surface area (Å²) in [7, 11) is -2.31. The highest BCUT2D eigenvalue weighted by molar-refractivity contribution is 7.92. The SMILES string of the molecule is COc1cc(Cl)c(C)cc1NC(=O)c1ccc(S(=O)(=O)Nc2cccc(C)c2C)cc1. The Labute approximate surface area is 187 Å². The molecule has 0 saturated heterocycles. The van der Waals surface area contributed by atoms with Crippen LogP contribution in [0.4, 0.5) is 11.4 Å². The van der Waals surface area contributed by atoms with Gasteiger partial charge in [-0.1, -0.05) is 23.7 Å². The van der Waals surface area contributed by atoms with Crippen LogP contribution in [0.2, 0.25) is 5.02 Å². The van der Waals surface area contributed by atoms with Crippen LogP contribution in [0, 0.1) is 20.8 Å². The van der Waals surface area contributed by atoms with Crippen molar-refractivity contribution < 1.29 is 17.9 Å². The van der Waals surface area contributed by atoms with Crippen molar-refractivity contribution in [2.24, 2.45) is 0 Å². The van der Waals surface area contributed by atoms with E-state index in [2.05, 4.69) is 10.0 Å². The van der Waals surface area contributed by atoms with Crippen LogP contribution in [0.3, 0.4) is 0 Å². The van der Waals surface area contributed by atoms with Crippen LogP contribution in [0.1, 0.15) is 27.0 Å². The summed E-state index contributed by atoms with van der Waals surface area (Å²) in [6, 6.07) is 14.5. The summed E-state index contributed by atoms with van der Waals surface area (Å²) in [5, 5.41) is 3.30. The van der Waals surface area contributed by atoms with E-state index >= 15 is 0 Å². The van der Waals surface area contributed by atoms with Crippen LogP contribution in [0.15, 0.2) is 59.5 Å². The molecule has 6 nitrogen and oxygen atoms in total. The van der Waals surface area contributed by atoms with Gasteiger partial charge in [-0.3, -0.25) is 9.52 Å². The molecule has 0 aliphatic rings. The predicted octanol–water partition coefficient (Wildman–Crippen LogP) is 5.33. The Hall–Kier alpha value is -3.03. The first-order chi connectivity index (χ1) is 14.6. The third kappa shape index (κ3) is 5.00. The Morgan fingerprint density at radius 1 is 0.935 bits per heavy atom. The fraction of sp³-hybridized carbons (Fsp3) is 0.174. The van der Waals surface area contributed by atoms with Gasteiger partial charge in [-0.15, -0.1) is 0 Å². The van der Waals surface area contributed by atoms with Gasteiger partial charge in [0.2, 0.25) is 0 Å². The Bertz CT molecular complexity index is 1240. The average molecular weight is 459 g/mol. The molecule has 1 amide bonds. The zero-order valence-corrected chi connectivity index (χ0v) is 19.2. The van der Waals surface area contributed by atoms with Crippen LogP contribution < -0.4 is 14.8 Å². The number of hydrogen-bond acceptors (Lipinski definition) is 4. The van der Waals surface area contributed by atoms with Crippen LogP contribution in [-0.2, 0) is 10.0 Å². The molecule has 0 aliphatic heterocycles. The molecule has 3 aromatic carbocycles. The van der Waals surface area contributed by atoms with Crippen molar-refractivity contribution in [2.75, 3.05) is 17.1 Å². The quantitative estimate of drug-likeness (QED) is 0.523. The number of rotatable bonds is 6. The molecule has 0 fully saturated rings. The smallest absolute Gasteiger partial charge is 0.261 e. The zero-order chi connectivity index (χ0) is 22.8. The van der Waals surface area contributed by atoms with Gasteiger partial charge in [-0.25, -0.2) is 8.42 Å². The molecule has 3 rings (SSSR count). The highest BCUT2D eigenvalue weighted by atomic mass is 35.5. The predicted molar refractivity (Wildman–Crippen MR) is 124 cm³/mol. The molecule has 2 N–H and O–H groups in total. The van der Waals surface area contributed by atoms with Gasteiger partial charge in [-0.05, 0) is 73.9 Å². The van der Waals surface area contributed by atoms with Crippen LogP contribution in [0.25, 0.3) is 0 Å². The molecular formula is C23H23ClN2O4S. The first-order valence-corrected chi connectivity index (χ1v) is 11.3. The summed E-state index contributed by atoms with van der Waals surface area (Å²) < 4.78 is 33.4. The highest BCUT2D eigenvalue weighted by Crippen LogP contribution is 2.31. The lowest BCUT2D eigenvalue weighted by atomic mass is 10.1. The molecular weight excluding hydrogens is 436 g/mol. The number of carbonyl (C=O) groups excluding carboxylic acids is 1. The second kappa shape index (κ2) is 8.99. The monoisotopic (exact) mass is 458 g/mol. The van der Waals surface area contributed by atoms with Gasteiger partial charge in [0.25, 0.3) is 15.9 Å². The van der Waals surface area contributed by atoms with Crippen molar-refractivity contribution >= 4 is 38.9 Å². The molecule has 0 saturated carbocycles. The molecule has 0 spiro atoms. The minimum Gasteiger partial charge on any atom is -0.495 e. The lowest BCUT2D eigenvalue weighted by molar-refractivity contribution is 0.102. The molecule has 0 atom stereocenters. The van der Waals surface area contributed by atoms with Gasteiger partial charge >= 0.3 is 0 Å². The van der Waals surface area contributed by atoms with E-state index in [-0.39, 0.29) is 4.90 Å². The van der Waals surface area contributed by atoms with Crippen molar-refractivity contribution in [1.82, 2.24) is 0 Å². The maximum absolute atomic E-state index is 12.7. The number of benzene rings is 3. The standard InChI is InChI=1S/C23H23ClN2O4S/c1-14-6-5-7-20(16(14)3)26-31(28,29)18-10-8-17(9-11-18)23(27)25-21-12-15(2)19(24)13-22(21)30-4/h5-13,26H,1-4H3,(H,25,27). The van der Waals surface area contributed by atoms with Gasteiger partial charge in [0, 0.05) is 16.7 Å². The molecule has 3 aromatic rings. The first kappa shape index (κ1) is 22.7. The van der Waals surface area contributed by atoms with Crippen molar-refractivity contribution in [3.63, 3.8) is 0 Å². The number of sulfonamides is 1. The van der Waals surface area contributed by atoms with Crippen molar-refractivity contribution in [3.05, 3.63) is 81.9 Å². The third-order valence-electron chi connectivity index (χ3n) is 5.00. The lowest BCUT2D eigenvalue weighted by Crippen LogP contribution is -2.15. The Balaban J connectivity index is 1.80. The van der Waals surface area contributed by atoms with Gasteiger partial charge < -0.3 is 10.1 Å². The zero-order valence-electron chi connectivity index (χ0n) is 17.6. The minimum atomic E-state index is -3.79. The van der Waals surface area contributed by atoms with E-state index < -0.39 is 15.9 Å². The van der Waals surface area contributed by atoms with Crippen molar-refractivity contribution in [3.8, 4) is 5.75 Å². The molecule has 0 heterocycles. The molecule has 0 bridgehead atoms. The summed E-state index contributed by atoms with van der Waals surface area (Å²) in [6.45, 7) is 5.59. The number of methoxy groups -OCH3 is 1. The molecule has 8 heteroatoms. The van der Waals surface area contributed by atoms with E-state index in [1.807, 2.05) is 26.8 Å². The lowest BCUT2D eigenvalue weighted by Gasteiger charge is -2.13. The van der Waals surface area contributed by atoms with E-state index in [4.69, 9.17) is 16.3 Å². The third-order valence-corrected chi connectivity index (χ3v) is 6.79. The fourth-order valence-electron chi connectivity index (χ4n) is 2.98. The van der Waals surface area contributed by atoms with Crippen LogP contribution >= 0.6 is 11.6 Å². The maximum Gasteiger partial charge on any atom is 0.261 e. The van der Waals surface area contributed by atoms with E-state index in [1.54, 1.807) is 24.3 Å². The summed E-state index contributed by atoms with van der Waals surface area (Å²) in [4.78, 5) is 12.7. The van der Waals surface area contributed by atoms with Crippen LogP contribution in [-0.4, -0.2) is 21.4 Å². The molecule has 31 heavy (non-hydrogen) atoms. The maximum atomic E-state index is 12.7. The topological polar surface area (TPSA) is 84.5 Å². The van der Waals surface area contributed by atoms with E-state index in [0.717, 1.165) is 16.7 Å². The summed E-state index contributed by atoms with van der Waals surface area (Å²) >= 11 is 6.10. The number of aryl methyl sites for hydroxylation is 2. The van der Waals surface area contributed by atoms with E-state index in [1.165, 1.54) is 31.4 Å². The second-order valence-electron chi connectivity index (χ2n) is 7.13. The van der Waals surface area contributed by atoms with Gasteiger partial charge in [0.1, 0.15) is 5.75 Å². The summed E-state index contributed by atoms with van der Waals surface area (Å²) in [6.07, 6.45) is 0. The molecule has 0 aliphatic carbocycles. The molecule has 0 aromatic heterocycles. The van der Waals surface area contributed by atoms with E-state index in [9.17, 15) is 13.2 Å². The Morgan fingerprint density at radius 2 is 1.61 bits per heavy atom. The fourth-order valence-corrected chi connectivity index (χ4v) is 4.25. The Morgan fingerprint density at radius 3 is 2.26 bits per heavy atom. The van der Waals surface area contributed by atoms with Crippen molar-refractivity contribution in [2.45, 2.75) is 25.7 Å². The number of nitrogens with one attached hydrogen (secondary N) is 2. The number of anilines is 2. The number of carbonyl (C=O) groups is 1. The largest absolute Gasteiger partial charge is 0.495 e. The second-order valence-corrected chi connectivity index (χ2v) is 9.22. The number of amides is 1. The van der Waals surface area contributed by atoms with Crippen LogP contribution in [0.5, 0.6) is 5.75 Å².